The zero-order valence-corrected chi connectivity index (χ0v) is 12.1. The quantitative estimate of drug-likeness (QED) is 0.929. The van der Waals surface area contributed by atoms with Gasteiger partial charge in [0, 0.05) is 22.8 Å². The van der Waals surface area contributed by atoms with Crippen molar-refractivity contribution in [2.45, 2.75) is 6.61 Å². The van der Waals surface area contributed by atoms with Crippen LogP contribution in [0.2, 0.25) is 0 Å². The minimum absolute atomic E-state index is 0.123. The lowest BCUT2D eigenvalue weighted by Crippen LogP contribution is -2.11. The zero-order valence-electron chi connectivity index (χ0n) is 10.5. The number of anilines is 1. The topological polar surface area (TPSA) is 38.3 Å². The van der Waals surface area contributed by atoms with E-state index in [0.29, 0.717) is 12.2 Å². The van der Waals surface area contributed by atoms with Gasteiger partial charge in [0.2, 0.25) is 0 Å². The highest BCUT2D eigenvalue weighted by molar-refractivity contribution is 9.10. The van der Waals surface area contributed by atoms with Gasteiger partial charge in [0.15, 0.2) is 0 Å². The van der Waals surface area contributed by atoms with Crippen LogP contribution in [-0.4, -0.2) is 13.0 Å². The van der Waals surface area contributed by atoms with E-state index in [2.05, 4.69) is 21.2 Å². The highest BCUT2D eigenvalue weighted by Crippen LogP contribution is 2.15. The number of methoxy groups -OCH3 is 1. The van der Waals surface area contributed by atoms with E-state index in [1.807, 2.05) is 36.4 Å². The second kappa shape index (κ2) is 6.50. The molecule has 0 aliphatic heterocycles. The predicted octanol–water partition coefficient (Wildman–Crippen LogP) is 3.85. The molecule has 0 aromatic heterocycles. The van der Waals surface area contributed by atoms with Crippen LogP contribution in [0.3, 0.4) is 0 Å². The first-order valence-corrected chi connectivity index (χ1v) is 6.63. The Balaban J connectivity index is 2.10. The number of halogens is 1. The number of hydrogen-bond acceptors (Lipinski definition) is 2. The maximum atomic E-state index is 12.0. The molecule has 2 aromatic carbocycles. The number of carbonyl (C=O) groups is 1. The normalized spacial score (nSPS) is 10.2. The van der Waals surface area contributed by atoms with E-state index >= 15 is 0 Å². The van der Waals surface area contributed by atoms with Crippen molar-refractivity contribution in [1.82, 2.24) is 0 Å². The third-order valence-electron chi connectivity index (χ3n) is 2.60. The summed E-state index contributed by atoms with van der Waals surface area (Å²) in [7, 11) is 1.65. The maximum absolute atomic E-state index is 12.0. The van der Waals surface area contributed by atoms with Crippen LogP contribution in [0.25, 0.3) is 0 Å². The first kappa shape index (κ1) is 13.8. The fourth-order valence-corrected chi connectivity index (χ4v) is 1.97. The van der Waals surface area contributed by atoms with Gasteiger partial charge < -0.3 is 10.1 Å². The smallest absolute Gasteiger partial charge is 0.255 e. The average molecular weight is 320 g/mol. The van der Waals surface area contributed by atoms with Gasteiger partial charge >= 0.3 is 0 Å². The molecule has 0 unspecified atom stereocenters. The van der Waals surface area contributed by atoms with Crippen molar-refractivity contribution < 1.29 is 9.53 Å². The van der Waals surface area contributed by atoms with Gasteiger partial charge in [0.25, 0.3) is 5.91 Å². The van der Waals surface area contributed by atoms with E-state index in [-0.39, 0.29) is 5.91 Å². The van der Waals surface area contributed by atoms with Crippen molar-refractivity contribution in [2.24, 2.45) is 0 Å². The first-order valence-electron chi connectivity index (χ1n) is 5.84. The molecule has 2 rings (SSSR count). The van der Waals surface area contributed by atoms with Gasteiger partial charge in [0.1, 0.15) is 0 Å². The summed E-state index contributed by atoms with van der Waals surface area (Å²) in [4.78, 5) is 12.0. The summed E-state index contributed by atoms with van der Waals surface area (Å²) in [5.74, 6) is -0.123. The van der Waals surface area contributed by atoms with Gasteiger partial charge in [-0.3, -0.25) is 4.79 Å². The molecule has 3 nitrogen and oxygen atoms in total. The number of amides is 1. The monoisotopic (exact) mass is 319 g/mol. The Bertz CT molecular complexity index is 567. The molecule has 0 saturated heterocycles. The van der Waals surface area contributed by atoms with E-state index in [0.717, 1.165) is 15.7 Å². The molecular formula is C15H14BrNO2. The molecule has 0 radical (unpaired) electrons. The third-order valence-corrected chi connectivity index (χ3v) is 3.13. The molecule has 0 heterocycles. The van der Waals surface area contributed by atoms with Crippen LogP contribution in [-0.2, 0) is 11.3 Å². The lowest BCUT2D eigenvalue weighted by molar-refractivity contribution is 0.102. The summed E-state index contributed by atoms with van der Waals surface area (Å²) in [6.07, 6.45) is 0. The average Bonchev–Trinajstić information content (AvgIpc) is 2.40. The molecule has 0 saturated carbocycles. The van der Waals surface area contributed by atoms with E-state index in [1.165, 1.54) is 0 Å². The fourth-order valence-electron chi connectivity index (χ4n) is 1.71. The molecule has 0 aliphatic carbocycles. The Morgan fingerprint density at radius 1 is 1.21 bits per heavy atom. The van der Waals surface area contributed by atoms with Crippen LogP contribution in [0.5, 0.6) is 0 Å². The molecule has 0 bridgehead atoms. The molecular weight excluding hydrogens is 306 g/mol. The van der Waals surface area contributed by atoms with Gasteiger partial charge in [-0.15, -0.1) is 0 Å². The van der Waals surface area contributed by atoms with Gasteiger partial charge in [-0.25, -0.2) is 0 Å². The van der Waals surface area contributed by atoms with E-state index in [4.69, 9.17) is 4.74 Å². The lowest BCUT2D eigenvalue weighted by Gasteiger charge is -2.07. The molecule has 0 spiro atoms. The summed E-state index contributed by atoms with van der Waals surface area (Å²) in [5, 5.41) is 2.87. The minimum atomic E-state index is -0.123. The zero-order chi connectivity index (χ0) is 13.7. The highest BCUT2D eigenvalue weighted by atomic mass is 79.9. The van der Waals surface area contributed by atoms with Crippen LogP contribution in [0.1, 0.15) is 15.9 Å². The van der Waals surface area contributed by atoms with Gasteiger partial charge in [0.05, 0.1) is 6.61 Å². The van der Waals surface area contributed by atoms with Crippen LogP contribution < -0.4 is 5.32 Å². The van der Waals surface area contributed by atoms with Gasteiger partial charge in [-0.2, -0.15) is 0 Å². The number of rotatable bonds is 4. The molecule has 98 valence electrons. The molecule has 1 N–H and O–H groups in total. The van der Waals surface area contributed by atoms with Crippen molar-refractivity contribution in [3.63, 3.8) is 0 Å². The van der Waals surface area contributed by atoms with Gasteiger partial charge in [-0.1, -0.05) is 28.1 Å². The second-order valence-electron chi connectivity index (χ2n) is 4.09. The number of ether oxygens (including phenoxy) is 1. The predicted molar refractivity (Wildman–Crippen MR) is 79.3 cm³/mol. The van der Waals surface area contributed by atoms with Crippen LogP contribution in [0.4, 0.5) is 5.69 Å². The molecule has 0 aliphatic rings. The molecule has 1 amide bonds. The van der Waals surface area contributed by atoms with Crippen LogP contribution in [0, 0.1) is 0 Å². The summed E-state index contributed by atoms with van der Waals surface area (Å²) in [5.41, 5.74) is 2.42. The Kier molecular flexibility index (Phi) is 4.71. The number of benzene rings is 2. The maximum Gasteiger partial charge on any atom is 0.255 e. The van der Waals surface area contributed by atoms with Crippen molar-refractivity contribution in [1.29, 1.82) is 0 Å². The third kappa shape index (κ3) is 3.91. The molecule has 19 heavy (non-hydrogen) atoms. The molecule has 4 heteroatoms. The van der Waals surface area contributed by atoms with E-state index in [1.54, 1.807) is 19.2 Å². The summed E-state index contributed by atoms with van der Waals surface area (Å²) in [6, 6.07) is 14.9. The van der Waals surface area contributed by atoms with E-state index in [9.17, 15) is 4.79 Å². The Morgan fingerprint density at radius 3 is 2.63 bits per heavy atom. The minimum Gasteiger partial charge on any atom is -0.380 e. The van der Waals surface area contributed by atoms with Crippen LogP contribution >= 0.6 is 15.9 Å². The van der Waals surface area contributed by atoms with Crippen LogP contribution in [0.15, 0.2) is 53.0 Å². The molecule has 2 aromatic rings. The fraction of sp³-hybridized carbons (Fsp3) is 0.133. The number of nitrogens with one attached hydrogen (secondary N) is 1. The SMILES string of the molecule is COCc1cccc(NC(=O)c2ccc(Br)cc2)c1. The highest BCUT2D eigenvalue weighted by Gasteiger charge is 2.06. The first-order chi connectivity index (χ1) is 9.19. The number of carbonyl (C=O) groups excluding carboxylic acids is 1. The lowest BCUT2D eigenvalue weighted by atomic mass is 10.2. The molecule has 0 atom stereocenters. The Labute approximate surface area is 120 Å². The van der Waals surface area contributed by atoms with E-state index < -0.39 is 0 Å². The number of hydrogen-bond donors (Lipinski definition) is 1. The summed E-state index contributed by atoms with van der Waals surface area (Å²) >= 11 is 3.34. The summed E-state index contributed by atoms with van der Waals surface area (Å²) in [6.45, 7) is 0.530. The van der Waals surface area contributed by atoms with Gasteiger partial charge in [-0.05, 0) is 42.0 Å². The largest absolute Gasteiger partial charge is 0.380 e. The van der Waals surface area contributed by atoms with Crippen molar-refractivity contribution in [2.75, 3.05) is 12.4 Å². The Morgan fingerprint density at radius 2 is 1.95 bits per heavy atom. The standard InChI is InChI=1S/C15H14BrNO2/c1-19-10-11-3-2-4-14(9-11)17-15(18)12-5-7-13(16)8-6-12/h2-9H,10H2,1H3,(H,17,18). The molecule has 0 fully saturated rings. The van der Waals surface area contributed by atoms with Crippen molar-refractivity contribution in [3.8, 4) is 0 Å². The Hall–Kier alpha value is -1.65. The second-order valence-corrected chi connectivity index (χ2v) is 5.01. The van der Waals surface area contributed by atoms with Crippen molar-refractivity contribution in [3.05, 3.63) is 64.1 Å². The summed E-state index contributed by atoms with van der Waals surface area (Å²) < 4.78 is 6.02. The van der Waals surface area contributed by atoms with Crippen molar-refractivity contribution >= 4 is 27.5 Å².